The molecule has 1 aromatic carbocycles. The molecule has 4 aromatic heterocycles. The second kappa shape index (κ2) is 9.17. The molecule has 9 heteroatoms. The van der Waals surface area contributed by atoms with Gasteiger partial charge in [0, 0.05) is 24.2 Å². The minimum Gasteiger partial charge on any atom is -0.449 e. The average molecular weight is 458 g/mol. The fourth-order valence-electron chi connectivity index (χ4n) is 3.31. The summed E-state index contributed by atoms with van der Waals surface area (Å²) in [5.41, 5.74) is 2.63. The van der Waals surface area contributed by atoms with Crippen LogP contribution in [0, 0.1) is 0 Å². The normalized spacial score (nSPS) is 11.9. The number of carbonyl (C=O) groups is 1. The Labute approximate surface area is 193 Å². The number of thiophene rings is 1. The summed E-state index contributed by atoms with van der Waals surface area (Å²) in [5.74, 6) is 0.0949. The second-order valence-electron chi connectivity index (χ2n) is 7.29. The molecule has 0 unspecified atom stereocenters. The fraction of sp³-hybridized carbons (Fsp3) is 0.125. The second-order valence-corrected chi connectivity index (χ2v) is 8.23. The van der Waals surface area contributed by atoms with E-state index in [2.05, 4.69) is 20.3 Å². The summed E-state index contributed by atoms with van der Waals surface area (Å²) in [7, 11) is 0. The Balaban J connectivity index is 1.40. The first kappa shape index (κ1) is 20.8. The Bertz CT molecular complexity index is 1350. The molecule has 8 nitrogen and oxygen atoms in total. The van der Waals surface area contributed by atoms with Crippen LogP contribution in [0.15, 0.2) is 83.0 Å². The first-order valence-corrected chi connectivity index (χ1v) is 11.2. The molecule has 0 aliphatic carbocycles. The Hall–Kier alpha value is -4.11. The summed E-state index contributed by atoms with van der Waals surface area (Å²) in [5, 5.41) is 14.7. The van der Waals surface area contributed by atoms with Crippen LogP contribution in [0.2, 0.25) is 0 Å². The van der Waals surface area contributed by atoms with Crippen LogP contribution in [0.25, 0.3) is 22.0 Å². The van der Waals surface area contributed by atoms with E-state index in [9.17, 15) is 4.79 Å². The molecule has 4 heterocycles. The molecule has 0 amide bonds. The number of hydrogen-bond acceptors (Lipinski definition) is 8. The van der Waals surface area contributed by atoms with Gasteiger partial charge in [0.15, 0.2) is 6.10 Å². The maximum atomic E-state index is 13.1. The molecule has 5 aromatic rings. The van der Waals surface area contributed by atoms with Crippen molar-refractivity contribution >= 4 is 17.3 Å². The van der Waals surface area contributed by atoms with Crippen LogP contribution >= 0.6 is 11.3 Å². The van der Waals surface area contributed by atoms with E-state index >= 15 is 0 Å². The van der Waals surface area contributed by atoms with Crippen molar-refractivity contribution in [1.29, 1.82) is 0 Å². The predicted molar refractivity (Wildman–Crippen MR) is 122 cm³/mol. The molecule has 0 fully saturated rings. The number of carbonyl (C=O) groups excluding carboxylic acids is 1. The molecule has 0 saturated heterocycles. The van der Waals surface area contributed by atoms with E-state index in [4.69, 9.17) is 9.15 Å². The molecule has 0 aliphatic rings. The highest BCUT2D eigenvalue weighted by Gasteiger charge is 2.24. The van der Waals surface area contributed by atoms with E-state index in [1.807, 2.05) is 53.9 Å². The molecular weight excluding hydrogens is 438 g/mol. The Morgan fingerprint density at radius 2 is 2.00 bits per heavy atom. The van der Waals surface area contributed by atoms with Gasteiger partial charge in [-0.2, -0.15) is 5.10 Å². The zero-order chi connectivity index (χ0) is 22.6. The van der Waals surface area contributed by atoms with Crippen LogP contribution in [-0.2, 0) is 11.3 Å². The first-order chi connectivity index (χ1) is 16.2. The number of rotatable bonds is 7. The molecule has 0 saturated carbocycles. The van der Waals surface area contributed by atoms with Gasteiger partial charge in [-0.15, -0.1) is 21.5 Å². The fourth-order valence-corrected chi connectivity index (χ4v) is 3.96. The zero-order valence-electron chi connectivity index (χ0n) is 17.7. The average Bonchev–Trinajstić information content (AvgIpc) is 3.60. The maximum absolute atomic E-state index is 13.1. The number of ether oxygens (including phenoxy) is 1. The van der Waals surface area contributed by atoms with Crippen molar-refractivity contribution in [2.45, 2.75) is 19.6 Å². The lowest BCUT2D eigenvalue weighted by Crippen LogP contribution is -2.10. The molecule has 0 N–H and O–H groups in total. The van der Waals surface area contributed by atoms with Crippen molar-refractivity contribution in [1.82, 2.24) is 25.0 Å². The molecule has 33 heavy (non-hydrogen) atoms. The summed E-state index contributed by atoms with van der Waals surface area (Å²) in [6.07, 6.45) is 4.30. The van der Waals surface area contributed by atoms with Gasteiger partial charge in [0.25, 0.3) is 11.8 Å². The highest BCUT2D eigenvalue weighted by atomic mass is 32.1. The number of benzene rings is 1. The minimum absolute atomic E-state index is 0.228. The van der Waals surface area contributed by atoms with Gasteiger partial charge in [0.2, 0.25) is 0 Å². The van der Waals surface area contributed by atoms with Crippen molar-refractivity contribution in [3.05, 3.63) is 95.6 Å². The molecule has 0 aliphatic heterocycles. The van der Waals surface area contributed by atoms with Crippen molar-refractivity contribution < 1.29 is 13.9 Å². The molecule has 0 bridgehead atoms. The SMILES string of the molecule is C[C@@H](OC(=O)c1cn(Cc2ccccc2)nc1-c1cccnc1)c1nnc(-c2cccs2)o1. The third kappa shape index (κ3) is 4.58. The van der Waals surface area contributed by atoms with Gasteiger partial charge in [-0.1, -0.05) is 36.4 Å². The van der Waals surface area contributed by atoms with Gasteiger partial charge >= 0.3 is 5.97 Å². The van der Waals surface area contributed by atoms with Gasteiger partial charge < -0.3 is 9.15 Å². The predicted octanol–water partition coefficient (Wildman–Crippen LogP) is 5.02. The van der Waals surface area contributed by atoms with Crippen LogP contribution in [0.4, 0.5) is 0 Å². The number of pyridine rings is 1. The molecule has 0 radical (unpaired) electrons. The van der Waals surface area contributed by atoms with Crippen LogP contribution in [-0.4, -0.2) is 30.9 Å². The third-order valence-electron chi connectivity index (χ3n) is 4.91. The standard InChI is InChI=1S/C24H19N5O3S/c1-16(22-26-27-23(32-22)20-10-6-12-33-20)31-24(30)19-15-29(14-17-7-3-2-4-8-17)28-21(19)18-9-5-11-25-13-18/h2-13,15-16H,14H2,1H3/t16-/m1/s1. The van der Waals surface area contributed by atoms with Crippen LogP contribution in [0.5, 0.6) is 0 Å². The third-order valence-corrected chi connectivity index (χ3v) is 5.77. The molecular formula is C24H19N5O3S. The van der Waals surface area contributed by atoms with Gasteiger partial charge in [-0.25, -0.2) is 4.79 Å². The van der Waals surface area contributed by atoms with Crippen LogP contribution in [0.1, 0.15) is 34.8 Å². The number of esters is 1. The van der Waals surface area contributed by atoms with Crippen molar-refractivity contribution in [2.75, 3.05) is 0 Å². The molecule has 0 spiro atoms. The van der Waals surface area contributed by atoms with Crippen LogP contribution in [0.3, 0.4) is 0 Å². The molecule has 164 valence electrons. The molecule has 5 rings (SSSR count). The highest BCUT2D eigenvalue weighted by Crippen LogP contribution is 2.28. The number of hydrogen-bond donors (Lipinski definition) is 0. The Morgan fingerprint density at radius 3 is 2.76 bits per heavy atom. The van der Waals surface area contributed by atoms with E-state index in [1.54, 1.807) is 36.3 Å². The monoisotopic (exact) mass is 457 g/mol. The number of aromatic nitrogens is 5. The van der Waals surface area contributed by atoms with E-state index < -0.39 is 12.1 Å². The van der Waals surface area contributed by atoms with Gasteiger partial charge in [-0.3, -0.25) is 9.67 Å². The lowest BCUT2D eigenvalue weighted by Gasteiger charge is -2.09. The van der Waals surface area contributed by atoms with E-state index in [-0.39, 0.29) is 5.89 Å². The number of nitrogens with zero attached hydrogens (tertiary/aromatic N) is 5. The van der Waals surface area contributed by atoms with Crippen molar-refractivity contribution in [2.24, 2.45) is 0 Å². The van der Waals surface area contributed by atoms with E-state index in [1.165, 1.54) is 11.3 Å². The summed E-state index contributed by atoms with van der Waals surface area (Å²) in [4.78, 5) is 18.2. The van der Waals surface area contributed by atoms with E-state index in [0.29, 0.717) is 23.7 Å². The zero-order valence-corrected chi connectivity index (χ0v) is 18.5. The quantitative estimate of drug-likeness (QED) is 0.317. The first-order valence-electron chi connectivity index (χ1n) is 10.3. The highest BCUT2D eigenvalue weighted by molar-refractivity contribution is 7.13. The summed E-state index contributed by atoms with van der Waals surface area (Å²) < 4.78 is 13.1. The molecule has 1 atom stereocenters. The lowest BCUT2D eigenvalue weighted by atomic mass is 10.1. The van der Waals surface area contributed by atoms with Crippen molar-refractivity contribution in [3.8, 4) is 22.0 Å². The van der Waals surface area contributed by atoms with Gasteiger partial charge in [0.1, 0.15) is 11.3 Å². The summed E-state index contributed by atoms with van der Waals surface area (Å²) >= 11 is 1.49. The van der Waals surface area contributed by atoms with Gasteiger partial charge in [0.05, 0.1) is 11.4 Å². The topological polar surface area (TPSA) is 95.9 Å². The van der Waals surface area contributed by atoms with Crippen molar-refractivity contribution in [3.63, 3.8) is 0 Å². The lowest BCUT2D eigenvalue weighted by molar-refractivity contribution is 0.0280. The van der Waals surface area contributed by atoms with Gasteiger partial charge in [-0.05, 0) is 36.1 Å². The maximum Gasteiger partial charge on any atom is 0.342 e. The Kier molecular flexibility index (Phi) is 5.77. The largest absolute Gasteiger partial charge is 0.449 e. The summed E-state index contributed by atoms with van der Waals surface area (Å²) in [6.45, 7) is 2.21. The minimum atomic E-state index is -0.724. The van der Waals surface area contributed by atoms with Crippen LogP contribution < -0.4 is 0 Å². The summed E-state index contributed by atoms with van der Waals surface area (Å²) in [6, 6.07) is 17.3. The van der Waals surface area contributed by atoms with E-state index in [0.717, 1.165) is 16.0 Å². The smallest absolute Gasteiger partial charge is 0.342 e. The Morgan fingerprint density at radius 1 is 1.12 bits per heavy atom.